The van der Waals surface area contributed by atoms with Gasteiger partial charge in [0.05, 0.1) is 6.10 Å². The number of hydrogen-bond acceptors (Lipinski definition) is 6. The number of nitrogens with zero attached hydrogens (tertiary/aromatic N) is 2. The summed E-state index contributed by atoms with van der Waals surface area (Å²) < 4.78 is 5.60. The fraction of sp³-hybridized carbons (Fsp3) is 0.692. The Hall–Kier alpha value is -1.40. The molecule has 2 heterocycles. The summed E-state index contributed by atoms with van der Waals surface area (Å²) in [5.41, 5.74) is 3.58. The third-order valence-corrected chi connectivity index (χ3v) is 3.32. The molecule has 0 saturated carbocycles. The van der Waals surface area contributed by atoms with Gasteiger partial charge in [0.1, 0.15) is 17.5 Å². The SMILES string of the molecule is CCCc1nc(NN)c(C)c(NCC2CCCO2)n1. The minimum Gasteiger partial charge on any atom is -0.376 e. The van der Waals surface area contributed by atoms with Crippen molar-refractivity contribution in [2.75, 3.05) is 23.9 Å². The van der Waals surface area contributed by atoms with Crippen molar-refractivity contribution in [1.29, 1.82) is 0 Å². The second-order valence-corrected chi connectivity index (χ2v) is 4.87. The van der Waals surface area contributed by atoms with Crippen molar-refractivity contribution in [1.82, 2.24) is 9.97 Å². The molecule has 1 fully saturated rings. The normalized spacial score (nSPS) is 18.6. The molecule has 4 N–H and O–H groups in total. The van der Waals surface area contributed by atoms with E-state index in [1.165, 1.54) is 0 Å². The largest absolute Gasteiger partial charge is 0.376 e. The third-order valence-electron chi connectivity index (χ3n) is 3.32. The van der Waals surface area contributed by atoms with E-state index in [1.807, 2.05) is 6.92 Å². The van der Waals surface area contributed by atoms with Gasteiger partial charge in [0.2, 0.25) is 0 Å². The van der Waals surface area contributed by atoms with Crippen molar-refractivity contribution in [2.45, 2.75) is 45.6 Å². The lowest BCUT2D eigenvalue weighted by Gasteiger charge is -2.15. The Balaban J connectivity index is 2.09. The summed E-state index contributed by atoms with van der Waals surface area (Å²) in [5.74, 6) is 7.86. The highest BCUT2D eigenvalue weighted by Gasteiger charge is 2.16. The van der Waals surface area contributed by atoms with Crippen LogP contribution in [0.2, 0.25) is 0 Å². The minimum atomic E-state index is 0.290. The van der Waals surface area contributed by atoms with E-state index in [2.05, 4.69) is 27.6 Å². The highest BCUT2D eigenvalue weighted by Crippen LogP contribution is 2.21. The van der Waals surface area contributed by atoms with Crippen molar-refractivity contribution in [3.05, 3.63) is 11.4 Å². The van der Waals surface area contributed by atoms with Gasteiger partial charge in [-0.3, -0.25) is 0 Å². The molecule has 0 aliphatic carbocycles. The summed E-state index contributed by atoms with van der Waals surface area (Å²) in [7, 11) is 0. The Morgan fingerprint density at radius 1 is 1.37 bits per heavy atom. The Morgan fingerprint density at radius 3 is 2.79 bits per heavy atom. The fourth-order valence-electron chi connectivity index (χ4n) is 2.23. The molecule has 0 bridgehead atoms. The molecule has 2 rings (SSSR count). The number of aryl methyl sites for hydroxylation is 1. The molecular weight excluding hydrogens is 242 g/mol. The van der Waals surface area contributed by atoms with E-state index in [0.717, 1.165) is 56.0 Å². The van der Waals surface area contributed by atoms with Crippen molar-refractivity contribution < 1.29 is 4.74 Å². The van der Waals surface area contributed by atoms with Crippen LogP contribution < -0.4 is 16.6 Å². The fourth-order valence-corrected chi connectivity index (χ4v) is 2.23. The number of nitrogens with one attached hydrogen (secondary N) is 2. The first-order chi connectivity index (χ1) is 9.24. The quantitative estimate of drug-likeness (QED) is 0.535. The van der Waals surface area contributed by atoms with Gasteiger partial charge in [-0.2, -0.15) is 0 Å². The molecule has 1 saturated heterocycles. The predicted molar refractivity (Wildman–Crippen MR) is 76.0 cm³/mol. The van der Waals surface area contributed by atoms with Crippen molar-refractivity contribution in [3.63, 3.8) is 0 Å². The second-order valence-electron chi connectivity index (χ2n) is 4.87. The molecule has 0 radical (unpaired) electrons. The molecule has 1 aromatic heterocycles. The van der Waals surface area contributed by atoms with Gasteiger partial charge < -0.3 is 15.5 Å². The monoisotopic (exact) mass is 265 g/mol. The van der Waals surface area contributed by atoms with E-state index in [-0.39, 0.29) is 0 Å². The van der Waals surface area contributed by atoms with E-state index < -0.39 is 0 Å². The van der Waals surface area contributed by atoms with Gasteiger partial charge in [-0.05, 0) is 26.2 Å². The van der Waals surface area contributed by atoms with Gasteiger partial charge in [0.15, 0.2) is 0 Å². The Bertz CT molecular complexity index is 418. The molecule has 0 amide bonds. The topological polar surface area (TPSA) is 85.1 Å². The number of ether oxygens (including phenoxy) is 1. The molecule has 1 aromatic rings. The first-order valence-corrected chi connectivity index (χ1v) is 6.94. The number of rotatable bonds is 6. The van der Waals surface area contributed by atoms with Crippen LogP contribution in [0.1, 0.15) is 37.6 Å². The molecule has 1 unspecified atom stereocenters. The molecule has 0 spiro atoms. The van der Waals surface area contributed by atoms with Crippen LogP contribution in [0.15, 0.2) is 0 Å². The zero-order chi connectivity index (χ0) is 13.7. The van der Waals surface area contributed by atoms with E-state index in [9.17, 15) is 0 Å². The van der Waals surface area contributed by atoms with E-state index >= 15 is 0 Å². The van der Waals surface area contributed by atoms with Gasteiger partial charge in [0, 0.05) is 25.1 Å². The molecule has 6 heteroatoms. The third kappa shape index (κ3) is 3.54. The Labute approximate surface area is 114 Å². The smallest absolute Gasteiger partial charge is 0.148 e. The first kappa shape index (κ1) is 14.0. The van der Waals surface area contributed by atoms with Crippen molar-refractivity contribution in [2.24, 2.45) is 5.84 Å². The summed E-state index contributed by atoms with van der Waals surface area (Å²) in [6.07, 6.45) is 4.41. The average Bonchev–Trinajstić information content (AvgIpc) is 2.92. The molecule has 19 heavy (non-hydrogen) atoms. The Kier molecular flexibility index (Phi) is 4.93. The Morgan fingerprint density at radius 2 is 2.16 bits per heavy atom. The maximum Gasteiger partial charge on any atom is 0.148 e. The summed E-state index contributed by atoms with van der Waals surface area (Å²) in [6, 6.07) is 0. The number of nitrogen functional groups attached to an aromatic ring is 1. The average molecular weight is 265 g/mol. The zero-order valence-corrected chi connectivity index (χ0v) is 11.7. The van der Waals surface area contributed by atoms with Crippen molar-refractivity contribution >= 4 is 11.6 Å². The lowest BCUT2D eigenvalue weighted by molar-refractivity contribution is 0.120. The van der Waals surface area contributed by atoms with Gasteiger partial charge in [0.25, 0.3) is 0 Å². The van der Waals surface area contributed by atoms with E-state index in [0.29, 0.717) is 11.9 Å². The predicted octanol–water partition coefficient (Wildman–Crippen LogP) is 1.61. The van der Waals surface area contributed by atoms with Gasteiger partial charge >= 0.3 is 0 Å². The van der Waals surface area contributed by atoms with Gasteiger partial charge in [-0.25, -0.2) is 15.8 Å². The molecule has 1 aliphatic rings. The van der Waals surface area contributed by atoms with E-state index in [1.54, 1.807) is 0 Å². The van der Waals surface area contributed by atoms with Crippen LogP contribution in [0, 0.1) is 6.92 Å². The highest BCUT2D eigenvalue weighted by molar-refractivity contribution is 5.56. The van der Waals surface area contributed by atoms with Crippen LogP contribution in [0.25, 0.3) is 0 Å². The summed E-state index contributed by atoms with van der Waals surface area (Å²) in [6.45, 7) is 5.72. The lowest BCUT2D eigenvalue weighted by Crippen LogP contribution is -2.21. The number of hydrogen-bond donors (Lipinski definition) is 3. The molecule has 106 valence electrons. The van der Waals surface area contributed by atoms with Crippen LogP contribution in [-0.2, 0) is 11.2 Å². The van der Waals surface area contributed by atoms with Gasteiger partial charge in [-0.1, -0.05) is 6.92 Å². The zero-order valence-electron chi connectivity index (χ0n) is 11.7. The first-order valence-electron chi connectivity index (χ1n) is 6.94. The number of anilines is 2. The number of aromatic nitrogens is 2. The summed E-state index contributed by atoms with van der Waals surface area (Å²) in [5, 5.41) is 3.36. The van der Waals surface area contributed by atoms with Crippen LogP contribution in [-0.4, -0.2) is 29.2 Å². The van der Waals surface area contributed by atoms with Crippen LogP contribution in [0.3, 0.4) is 0 Å². The summed E-state index contributed by atoms with van der Waals surface area (Å²) in [4.78, 5) is 8.96. The molecular formula is C13H23N5O. The lowest BCUT2D eigenvalue weighted by atomic mass is 10.2. The minimum absolute atomic E-state index is 0.290. The standard InChI is InChI=1S/C13H23N5O/c1-3-5-11-16-12(9(2)13(17-11)18-14)15-8-10-6-4-7-19-10/h10H,3-8,14H2,1-2H3,(H2,15,16,17,18). The molecule has 6 nitrogen and oxygen atoms in total. The second kappa shape index (κ2) is 6.68. The summed E-state index contributed by atoms with van der Waals surface area (Å²) >= 11 is 0. The van der Waals surface area contributed by atoms with Crippen LogP contribution >= 0.6 is 0 Å². The maximum atomic E-state index is 5.60. The van der Waals surface area contributed by atoms with Crippen molar-refractivity contribution in [3.8, 4) is 0 Å². The molecule has 1 atom stereocenters. The maximum absolute atomic E-state index is 5.60. The molecule has 1 aliphatic heterocycles. The highest BCUT2D eigenvalue weighted by atomic mass is 16.5. The van der Waals surface area contributed by atoms with Crippen LogP contribution in [0.4, 0.5) is 11.6 Å². The van der Waals surface area contributed by atoms with E-state index in [4.69, 9.17) is 10.6 Å². The number of hydrazine groups is 1. The molecule has 0 aromatic carbocycles. The number of nitrogens with two attached hydrogens (primary N) is 1. The van der Waals surface area contributed by atoms with Gasteiger partial charge in [-0.15, -0.1) is 0 Å². The van der Waals surface area contributed by atoms with Crippen LogP contribution in [0.5, 0.6) is 0 Å².